The van der Waals surface area contributed by atoms with Crippen LogP contribution in [0.4, 0.5) is 5.69 Å². The first kappa shape index (κ1) is 17.2. The van der Waals surface area contributed by atoms with Crippen LogP contribution < -0.4 is 4.90 Å². The fourth-order valence-electron chi connectivity index (χ4n) is 3.81. The number of ether oxygens (including phenoxy) is 1. The molecule has 0 aliphatic carbocycles. The van der Waals surface area contributed by atoms with Gasteiger partial charge in [0.2, 0.25) is 5.91 Å². The van der Waals surface area contributed by atoms with Crippen molar-refractivity contribution in [2.45, 2.75) is 25.3 Å². The molecule has 5 nitrogen and oxygen atoms in total. The Hall–Kier alpha value is -1.59. The number of rotatable bonds is 5. The zero-order valence-electron chi connectivity index (χ0n) is 14.7. The fraction of sp³-hybridized carbons (Fsp3) is 0.632. The van der Waals surface area contributed by atoms with Gasteiger partial charge in [-0.2, -0.15) is 0 Å². The number of methoxy groups -OCH3 is 1. The van der Waals surface area contributed by atoms with E-state index in [9.17, 15) is 4.79 Å². The molecule has 2 heterocycles. The summed E-state index contributed by atoms with van der Waals surface area (Å²) in [6.07, 6.45) is 2.83. The summed E-state index contributed by atoms with van der Waals surface area (Å²) in [5.41, 5.74) is 1.32. The average Bonchev–Trinajstić information content (AvgIpc) is 2.67. The normalized spacial score (nSPS) is 22.6. The summed E-state index contributed by atoms with van der Waals surface area (Å²) < 4.78 is 5.04. The minimum atomic E-state index is 0.240. The van der Waals surface area contributed by atoms with E-state index in [1.807, 2.05) is 4.90 Å². The van der Waals surface area contributed by atoms with Crippen LogP contribution in [-0.2, 0) is 9.53 Å². The Kier molecular flexibility index (Phi) is 6.10. The number of nitrogens with zero attached hydrogens (tertiary/aromatic N) is 3. The van der Waals surface area contributed by atoms with Crippen LogP contribution in [0.5, 0.6) is 0 Å². The summed E-state index contributed by atoms with van der Waals surface area (Å²) in [5.74, 6) is 0.240. The monoisotopic (exact) mass is 331 g/mol. The number of benzene rings is 1. The molecular formula is C19H29N3O2. The number of anilines is 1. The van der Waals surface area contributed by atoms with Gasteiger partial charge in [0.25, 0.3) is 0 Å². The number of hydrogen-bond acceptors (Lipinski definition) is 4. The van der Waals surface area contributed by atoms with Gasteiger partial charge in [-0.1, -0.05) is 18.2 Å². The number of carbonyl (C=O) groups excluding carboxylic acids is 1. The third kappa shape index (κ3) is 4.28. The predicted octanol–water partition coefficient (Wildman–Crippen LogP) is 1.84. The van der Waals surface area contributed by atoms with Crippen LogP contribution in [0.25, 0.3) is 0 Å². The predicted molar refractivity (Wildman–Crippen MR) is 96.3 cm³/mol. The van der Waals surface area contributed by atoms with Gasteiger partial charge >= 0.3 is 0 Å². The number of amides is 1. The molecule has 5 heteroatoms. The molecule has 132 valence electrons. The first-order chi connectivity index (χ1) is 11.8. The van der Waals surface area contributed by atoms with Crippen LogP contribution in [0, 0.1) is 0 Å². The maximum atomic E-state index is 12.2. The molecular weight excluding hydrogens is 302 g/mol. The second kappa shape index (κ2) is 8.49. The van der Waals surface area contributed by atoms with Gasteiger partial charge in [-0.15, -0.1) is 0 Å². The van der Waals surface area contributed by atoms with Gasteiger partial charge in [0, 0.05) is 58.1 Å². The third-order valence-electron chi connectivity index (χ3n) is 5.22. The van der Waals surface area contributed by atoms with E-state index in [1.54, 1.807) is 7.11 Å². The lowest BCUT2D eigenvalue weighted by Gasteiger charge is -2.44. The van der Waals surface area contributed by atoms with E-state index in [2.05, 4.69) is 40.1 Å². The zero-order valence-corrected chi connectivity index (χ0v) is 14.7. The highest BCUT2D eigenvalue weighted by molar-refractivity contribution is 5.76. The van der Waals surface area contributed by atoms with Gasteiger partial charge < -0.3 is 14.5 Å². The van der Waals surface area contributed by atoms with Gasteiger partial charge in [0.1, 0.15) is 0 Å². The summed E-state index contributed by atoms with van der Waals surface area (Å²) in [4.78, 5) is 19.3. The molecule has 0 aromatic heterocycles. The molecule has 2 aliphatic rings. The standard InChI is InChI=1S/C19H29N3O2/c1-24-15-9-19(23)22-10-5-8-18(16-22)21-13-11-20(12-14-21)17-6-3-2-4-7-17/h2-4,6-7,18H,5,8-16H2,1H3. The van der Waals surface area contributed by atoms with Crippen molar-refractivity contribution >= 4 is 11.6 Å². The molecule has 0 saturated carbocycles. The molecule has 0 radical (unpaired) electrons. The van der Waals surface area contributed by atoms with Crippen molar-refractivity contribution in [2.75, 3.05) is 57.9 Å². The minimum Gasteiger partial charge on any atom is -0.384 e. The van der Waals surface area contributed by atoms with Crippen molar-refractivity contribution < 1.29 is 9.53 Å². The summed E-state index contributed by atoms with van der Waals surface area (Å²) in [6.45, 7) is 6.61. The molecule has 2 saturated heterocycles. The molecule has 1 unspecified atom stereocenters. The minimum absolute atomic E-state index is 0.240. The van der Waals surface area contributed by atoms with E-state index < -0.39 is 0 Å². The van der Waals surface area contributed by atoms with E-state index in [-0.39, 0.29) is 5.91 Å². The number of piperidine rings is 1. The first-order valence-electron chi connectivity index (χ1n) is 9.08. The van der Waals surface area contributed by atoms with Crippen molar-refractivity contribution in [1.82, 2.24) is 9.80 Å². The third-order valence-corrected chi connectivity index (χ3v) is 5.22. The number of piperazine rings is 1. The van der Waals surface area contributed by atoms with E-state index in [0.29, 0.717) is 19.1 Å². The summed E-state index contributed by atoms with van der Waals surface area (Å²) in [5, 5.41) is 0. The average molecular weight is 331 g/mol. The van der Waals surface area contributed by atoms with Gasteiger partial charge in [0.05, 0.1) is 13.0 Å². The Bertz CT molecular complexity index is 515. The molecule has 0 N–H and O–H groups in total. The first-order valence-corrected chi connectivity index (χ1v) is 9.08. The number of para-hydroxylation sites is 1. The van der Waals surface area contributed by atoms with Crippen molar-refractivity contribution in [1.29, 1.82) is 0 Å². The molecule has 0 bridgehead atoms. The van der Waals surface area contributed by atoms with E-state index in [4.69, 9.17) is 4.74 Å². The molecule has 1 atom stereocenters. The van der Waals surface area contributed by atoms with Crippen LogP contribution >= 0.6 is 0 Å². The van der Waals surface area contributed by atoms with Gasteiger partial charge in [-0.05, 0) is 25.0 Å². The van der Waals surface area contributed by atoms with E-state index >= 15 is 0 Å². The summed E-state index contributed by atoms with van der Waals surface area (Å²) in [7, 11) is 1.65. The SMILES string of the molecule is COCCC(=O)N1CCCC(N2CCN(c3ccccc3)CC2)C1. The maximum Gasteiger partial charge on any atom is 0.224 e. The number of likely N-dealkylation sites (tertiary alicyclic amines) is 1. The molecule has 0 spiro atoms. The van der Waals surface area contributed by atoms with Crippen molar-refractivity contribution in [3.05, 3.63) is 30.3 Å². The van der Waals surface area contributed by atoms with Crippen LogP contribution in [0.2, 0.25) is 0 Å². The molecule has 3 rings (SSSR count). The molecule has 2 fully saturated rings. The van der Waals surface area contributed by atoms with Crippen LogP contribution in [-0.4, -0.2) is 74.7 Å². The van der Waals surface area contributed by atoms with Crippen LogP contribution in [0.1, 0.15) is 19.3 Å². The van der Waals surface area contributed by atoms with Gasteiger partial charge in [-0.3, -0.25) is 9.69 Å². The molecule has 2 aliphatic heterocycles. The quantitative estimate of drug-likeness (QED) is 0.825. The lowest BCUT2D eigenvalue weighted by atomic mass is 10.0. The summed E-state index contributed by atoms with van der Waals surface area (Å²) >= 11 is 0. The highest BCUT2D eigenvalue weighted by Gasteiger charge is 2.29. The Morgan fingerprint density at radius 3 is 2.58 bits per heavy atom. The molecule has 1 aromatic rings. The molecule has 1 amide bonds. The number of carbonyl (C=O) groups is 1. The van der Waals surface area contributed by atoms with E-state index in [0.717, 1.165) is 45.7 Å². The lowest BCUT2D eigenvalue weighted by Crippen LogP contribution is -2.56. The summed E-state index contributed by atoms with van der Waals surface area (Å²) in [6, 6.07) is 11.2. The van der Waals surface area contributed by atoms with Gasteiger partial charge in [-0.25, -0.2) is 0 Å². The van der Waals surface area contributed by atoms with Crippen LogP contribution in [0.15, 0.2) is 30.3 Å². The highest BCUT2D eigenvalue weighted by Crippen LogP contribution is 2.21. The smallest absolute Gasteiger partial charge is 0.224 e. The number of hydrogen-bond donors (Lipinski definition) is 0. The topological polar surface area (TPSA) is 36.0 Å². The Balaban J connectivity index is 1.50. The van der Waals surface area contributed by atoms with E-state index in [1.165, 1.54) is 12.1 Å². The maximum absolute atomic E-state index is 12.2. The van der Waals surface area contributed by atoms with Crippen molar-refractivity contribution in [2.24, 2.45) is 0 Å². The Labute approximate surface area is 145 Å². The van der Waals surface area contributed by atoms with Crippen LogP contribution in [0.3, 0.4) is 0 Å². The Morgan fingerprint density at radius 1 is 1.12 bits per heavy atom. The lowest BCUT2D eigenvalue weighted by molar-refractivity contribution is -0.134. The molecule has 24 heavy (non-hydrogen) atoms. The van der Waals surface area contributed by atoms with Crippen molar-refractivity contribution in [3.8, 4) is 0 Å². The second-order valence-electron chi connectivity index (χ2n) is 6.74. The van der Waals surface area contributed by atoms with Crippen molar-refractivity contribution in [3.63, 3.8) is 0 Å². The Morgan fingerprint density at radius 2 is 1.88 bits per heavy atom. The second-order valence-corrected chi connectivity index (χ2v) is 6.74. The van der Waals surface area contributed by atoms with Gasteiger partial charge in [0.15, 0.2) is 0 Å². The largest absolute Gasteiger partial charge is 0.384 e. The molecule has 1 aromatic carbocycles. The fourth-order valence-corrected chi connectivity index (χ4v) is 3.81. The zero-order chi connectivity index (χ0) is 16.8. The highest BCUT2D eigenvalue weighted by atomic mass is 16.5.